The summed E-state index contributed by atoms with van der Waals surface area (Å²) < 4.78 is 5.32. The first-order valence-corrected chi connectivity index (χ1v) is 7.06. The average Bonchev–Trinajstić information content (AvgIpc) is 3.07. The zero-order valence-corrected chi connectivity index (χ0v) is 11.9. The molecule has 7 heteroatoms. The number of hydrogen-bond acceptors (Lipinski definition) is 7. The minimum atomic E-state index is 0.477. The largest absolute Gasteiger partial charge is 0.362 e. The Morgan fingerprint density at radius 1 is 1.30 bits per heavy atom. The SMILES string of the molecule is CCNc1nc(C)c(-c2nc(-c3ccccn3)no2)s1. The van der Waals surface area contributed by atoms with E-state index in [0.717, 1.165) is 22.2 Å². The van der Waals surface area contributed by atoms with Crippen LogP contribution >= 0.6 is 11.3 Å². The molecule has 3 rings (SSSR count). The van der Waals surface area contributed by atoms with Gasteiger partial charge in [-0.2, -0.15) is 4.98 Å². The highest BCUT2D eigenvalue weighted by atomic mass is 32.1. The molecule has 0 bridgehead atoms. The molecule has 0 amide bonds. The Morgan fingerprint density at radius 3 is 2.95 bits per heavy atom. The van der Waals surface area contributed by atoms with Crippen LogP contribution in [0.15, 0.2) is 28.9 Å². The molecule has 0 unspecified atom stereocenters. The van der Waals surface area contributed by atoms with Gasteiger partial charge in [-0.1, -0.05) is 22.6 Å². The summed E-state index contributed by atoms with van der Waals surface area (Å²) >= 11 is 1.51. The maximum Gasteiger partial charge on any atom is 0.270 e. The lowest BCUT2D eigenvalue weighted by Gasteiger charge is -1.92. The van der Waals surface area contributed by atoms with Crippen molar-refractivity contribution in [3.05, 3.63) is 30.1 Å². The second kappa shape index (κ2) is 5.38. The molecule has 20 heavy (non-hydrogen) atoms. The fourth-order valence-corrected chi connectivity index (χ4v) is 2.69. The highest BCUT2D eigenvalue weighted by Crippen LogP contribution is 2.32. The Hall–Kier alpha value is -2.28. The summed E-state index contributed by atoms with van der Waals surface area (Å²) in [4.78, 5) is 13.9. The molecule has 0 aliphatic rings. The van der Waals surface area contributed by atoms with Crippen LogP contribution in [-0.2, 0) is 0 Å². The smallest absolute Gasteiger partial charge is 0.270 e. The van der Waals surface area contributed by atoms with Gasteiger partial charge in [0, 0.05) is 12.7 Å². The molecule has 0 radical (unpaired) electrons. The zero-order valence-electron chi connectivity index (χ0n) is 11.1. The Morgan fingerprint density at radius 2 is 2.20 bits per heavy atom. The summed E-state index contributed by atoms with van der Waals surface area (Å²) in [7, 11) is 0. The van der Waals surface area contributed by atoms with Gasteiger partial charge in [0.1, 0.15) is 10.6 Å². The molecule has 0 fully saturated rings. The van der Waals surface area contributed by atoms with Gasteiger partial charge in [0.25, 0.3) is 5.89 Å². The van der Waals surface area contributed by atoms with Gasteiger partial charge < -0.3 is 9.84 Å². The van der Waals surface area contributed by atoms with Crippen LogP contribution in [0.3, 0.4) is 0 Å². The summed E-state index contributed by atoms with van der Waals surface area (Å²) in [5.41, 5.74) is 1.57. The van der Waals surface area contributed by atoms with Gasteiger partial charge in [0.2, 0.25) is 5.82 Å². The molecule has 102 valence electrons. The Bertz CT molecular complexity index is 707. The number of pyridine rings is 1. The molecule has 6 nitrogen and oxygen atoms in total. The molecule has 3 aromatic rings. The molecule has 0 atom stereocenters. The van der Waals surface area contributed by atoms with Gasteiger partial charge >= 0.3 is 0 Å². The van der Waals surface area contributed by atoms with Crippen LogP contribution in [0.1, 0.15) is 12.6 Å². The Balaban J connectivity index is 1.94. The third-order valence-electron chi connectivity index (χ3n) is 2.64. The second-order valence-corrected chi connectivity index (χ2v) is 5.10. The van der Waals surface area contributed by atoms with Crippen molar-refractivity contribution in [2.24, 2.45) is 0 Å². The standard InChI is InChI=1S/C13H13N5OS/c1-3-14-13-16-8(2)10(20-13)12-17-11(18-19-12)9-6-4-5-7-15-9/h4-7H,3H2,1-2H3,(H,14,16). The third kappa shape index (κ3) is 2.39. The van der Waals surface area contributed by atoms with Crippen LogP contribution in [0.5, 0.6) is 0 Å². The van der Waals surface area contributed by atoms with Gasteiger partial charge in [-0.3, -0.25) is 4.98 Å². The van der Waals surface area contributed by atoms with Gasteiger partial charge in [-0.25, -0.2) is 4.98 Å². The van der Waals surface area contributed by atoms with Crippen molar-refractivity contribution in [1.82, 2.24) is 20.1 Å². The minimum absolute atomic E-state index is 0.477. The van der Waals surface area contributed by atoms with Crippen molar-refractivity contribution in [2.45, 2.75) is 13.8 Å². The van der Waals surface area contributed by atoms with Crippen molar-refractivity contribution in [2.75, 3.05) is 11.9 Å². The lowest BCUT2D eigenvalue weighted by atomic mass is 10.3. The molecule has 3 heterocycles. The molecule has 0 aromatic carbocycles. The Kier molecular flexibility index (Phi) is 3.42. The molecular formula is C13H13N5OS. The lowest BCUT2D eigenvalue weighted by molar-refractivity contribution is 0.432. The molecule has 3 aromatic heterocycles. The van der Waals surface area contributed by atoms with Gasteiger partial charge in [0.15, 0.2) is 5.13 Å². The summed E-state index contributed by atoms with van der Waals surface area (Å²) in [5.74, 6) is 0.961. The van der Waals surface area contributed by atoms with Crippen LogP contribution in [0.25, 0.3) is 22.3 Å². The minimum Gasteiger partial charge on any atom is -0.362 e. The number of rotatable bonds is 4. The van der Waals surface area contributed by atoms with Crippen molar-refractivity contribution < 1.29 is 4.52 Å². The fourth-order valence-electron chi connectivity index (χ4n) is 1.74. The molecule has 0 aliphatic heterocycles. The molecule has 0 spiro atoms. The van der Waals surface area contributed by atoms with E-state index >= 15 is 0 Å². The highest BCUT2D eigenvalue weighted by molar-refractivity contribution is 7.19. The van der Waals surface area contributed by atoms with Crippen LogP contribution < -0.4 is 5.32 Å². The van der Waals surface area contributed by atoms with Crippen LogP contribution in [-0.4, -0.2) is 26.7 Å². The van der Waals surface area contributed by atoms with E-state index in [9.17, 15) is 0 Å². The van der Waals surface area contributed by atoms with E-state index in [1.54, 1.807) is 6.20 Å². The fraction of sp³-hybridized carbons (Fsp3) is 0.231. The van der Waals surface area contributed by atoms with Crippen LogP contribution in [0.4, 0.5) is 5.13 Å². The van der Waals surface area contributed by atoms with E-state index < -0.39 is 0 Å². The molecule has 0 aliphatic carbocycles. The number of aryl methyl sites for hydroxylation is 1. The number of aromatic nitrogens is 4. The second-order valence-electron chi connectivity index (χ2n) is 4.10. The summed E-state index contributed by atoms with van der Waals surface area (Å²) in [5, 5.41) is 8.01. The lowest BCUT2D eigenvalue weighted by Crippen LogP contribution is -1.94. The van der Waals surface area contributed by atoms with E-state index in [1.807, 2.05) is 32.0 Å². The van der Waals surface area contributed by atoms with Gasteiger partial charge in [-0.05, 0) is 26.0 Å². The highest BCUT2D eigenvalue weighted by Gasteiger charge is 2.17. The van der Waals surface area contributed by atoms with E-state index in [1.165, 1.54) is 11.3 Å². The first-order chi connectivity index (χ1) is 9.78. The van der Waals surface area contributed by atoms with Crippen LogP contribution in [0.2, 0.25) is 0 Å². The first kappa shape index (κ1) is 12.7. The normalized spacial score (nSPS) is 10.7. The van der Waals surface area contributed by atoms with Crippen molar-refractivity contribution in [3.8, 4) is 22.3 Å². The Labute approximate surface area is 119 Å². The van der Waals surface area contributed by atoms with Crippen LogP contribution in [0, 0.1) is 6.92 Å². The number of nitrogens with one attached hydrogen (secondary N) is 1. The van der Waals surface area contributed by atoms with E-state index in [2.05, 4.69) is 25.4 Å². The number of nitrogens with zero attached hydrogens (tertiary/aromatic N) is 4. The average molecular weight is 287 g/mol. The van der Waals surface area contributed by atoms with E-state index in [-0.39, 0.29) is 0 Å². The monoisotopic (exact) mass is 287 g/mol. The summed E-state index contributed by atoms with van der Waals surface area (Å²) in [6, 6.07) is 5.58. The topological polar surface area (TPSA) is 76.7 Å². The van der Waals surface area contributed by atoms with Crippen molar-refractivity contribution in [1.29, 1.82) is 0 Å². The number of hydrogen-bond donors (Lipinski definition) is 1. The zero-order chi connectivity index (χ0) is 13.9. The summed E-state index contributed by atoms with van der Waals surface area (Å²) in [6.07, 6.45) is 1.70. The maximum absolute atomic E-state index is 5.32. The van der Waals surface area contributed by atoms with Crippen molar-refractivity contribution in [3.63, 3.8) is 0 Å². The third-order valence-corrected chi connectivity index (χ3v) is 3.74. The molecule has 0 saturated carbocycles. The van der Waals surface area contributed by atoms with Gasteiger partial charge in [0.05, 0.1) is 5.69 Å². The van der Waals surface area contributed by atoms with Crippen molar-refractivity contribution >= 4 is 16.5 Å². The maximum atomic E-state index is 5.32. The predicted molar refractivity (Wildman–Crippen MR) is 77.5 cm³/mol. The molecular weight excluding hydrogens is 274 g/mol. The molecule has 1 N–H and O–H groups in total. The number of thiazole rings is 1. The van der Waals surface area contributed by atoms with E-state index in [0.29, 0.717) is 17.4 Å². The number of anilines is 1. The quantitative estimate of drug-likeness (QED) is 0.795. The predicted octanol–water partition coefficient (Wildman–Crippen LogP) is 3.00. The first-order valence-electron chi connectivity index (χ1n) is 6.24. The van der Waals surface area contributed by atoms with E-state index in [4.69, 9.17) is 4.52 Å². The summed E-state index contributed by atoms with van der Waals surface area (Å²) in [6.45, 7) is 4.79. The molecule has 0 saturated heterocycles. The van der Waals surface area contributed by atoms with Gasteiger partial charge in [-0.15, -0.1) is 0 Å².